The first-order chi connectivity index (χ1) is 2.50. The number of halogens is 1. The van der Waals surface area contributed by atoms with Crippen molar-refractivity contribution in [3.63, 3.8) is 0 Å². The predicted octanol–water partition coefficient (Wildman–Crippen LogP) is 0.691. The normalized spacial score (nSPS) is 6.67. The number of hydrogen-bond acceptors (Lipinski definition) is 3. The van der Waals surface area contributed by atoms with E-state index in [-0.39, 0.29) is 4.70 Å². The van der Waals surface area contributed by atoms with E-state index in [2.05, 4.69) is 10.2 Å². The number of aromatic nitrogens is 2. The topological polar surface area (TPSA) is 25.8 Å². The van der Waals surface area contributed by atoms with Gasteiger partial charge in [0.15, 0.2) is 0 Å². The van der Waals surface area contributed by atoms with Crippen molar-refractivity contribution in [3.8, 4) is 0 Å². The molecule has 1 aromatic heterocycles. The zero-order chi connectivity index (χ0) is 3.54. The molecule has 0 aliphatic heterocycles. The molecule has 0 amide bonds. The monoisotopic (exact) mass is 106 g/mol. The second-order valence-electron chi connectivity index (χ2n) is 0.578. The maximum atomic E-state index is 3.49. The van der Waals surface area contributed by atoms with E-state index in [9.17, 15) is 0 Å². The molecule has 0 aromatic carbocycles. The van der Waals surface area contributed by atoms with E-state index in [1.807, 2.05) is 0 Å². The zero-order valence-corrected chi connectivity index (χ0v) is 3.68. The van der Waals surface area contributed by atoms with Gasteiger partial charge in [-0.1, -0.05) is 0 Å². The highest BCUT2D eigenvalue weighted by Crippen LogP contribution is 1.80. The van der Waals surface area contributed by atoms with Gasteiger partial charge in [-0.2, -0.15) is 0 Å². The third kappa shape index (κ3) is 1.07. The van der Waals surface area contributed by atoms with Crippen molar-refractivity contribution in [3.05, 3.63) is 11.0 Å². The van der Waals surface area contributed by atoms with Crippen LogP contribution >= 0.6 is 11.3 Å². The van der Waals surface area contributed by atoms with Gasteiger partial charge < -0.3 is 0 Å². The van der Waals surface area contributed by atoms with Gasteiger partial charge in [0.05, 0.1) is 0 Å². The van der Waals surface area contributed by atoms with Gasteiger partial charge >= 0.3 is 0 Å². The van der Waals surface area contributed by atoms with Crippen molar-refractivity contribution in [2.75, 3.05) is 0 Å². The van der Waals surface area contributed by atoms with Crippen LogP contribution < -0.4 is 0 Å². The van der Waals surface area contributed by atoms with Crippen LogP contribution in [-0.2, 0) is 0 Å². The molecule has 0 unspecified atom stereocenters. The largest absolute Gasteiger partial charge is 0.269 e. The molecule has 0 atom stereocenters. The molecule has 0 spiro atoms. The molecule has 0 aliphatic carbocycles. The molecule has 0 bridgehead atoms. The third-order valence-electron chi connectivity index (χ3n) is 0.283. The zero-order valence-electron chi connectivity index (χ0n) is 2.87. The minimum Gasteiger partial charge on any atom is -0.269 e. The van der Waals surface area contributed by atoms with Crippen molar-refractivity contribution >= 4 is 11.3 Å². The van der Waals surface area contributed by atoms with Crippen LogP contribution in [0.5, 0.6) is 0 Å². The summed E-state index contributed by atoms with van der Waals surface area (Å²) in [5, 5.41) is 6.98. The van der Waals surface area contributed by atoms with E-state index < -0.39 is 0 Å². The SMILES string of the molecule is F.c1nncs1. The van der Waals surface area contributed by atoms with Gasteiger partial charge in [-0.15, -0.1) is 21.5 Å². The van der Waals surface area contributed by atoms with Gasteiger partial charge in [0.25, 0.3) is 0 Å². The average Bonchev–Trinajstić information content (AvgIpc) is 1.76. The smallest absolute Gasteiger partial charge is 0.103 e. The van der Waals surface area contributed by atoms with E-state index in [1.165, 1.54) is 11.3 Å². The summed E-state index contributed by atoms with van der Waals surface area (Å²) >= 11 is 1.49. The van der Waals surface area contributed by atoms with Crippen LogP contribution in [0.3, 0.4) is 0 Å². The molecular weight excluding hydrogens is 103 g/mol. The first-order valence-corrected chi connectivity index (χ1v) is 2.13. The van der Waals surface area contributed by atoms with Gasteiger partial charge in [-0.05, 0) is 0 Å². The van der Waals surface area contributed by atoms with E-state index in [0.717, 1.165) is 0 Å². The summed E-state index contributed by atoms with van der Waals surface area (Å²) in [6.07, 6.45) is 0. The molecule has 0 saturated heterocycles. The Bertz CT molecular complexity index is 68.0. The molecule has 1 aromatic rings. The molecule has 2 nitrogen and oxygen atoms in total. The maximum Gasteiger partial charge on any atom is 0.103 e. The Morgan fingerprint density at radius 3 is 1.83 bits per heavy atom. The highest BCUT2D eigenvalue weighted by Gasteiger charge is 1.60. The van der Waals surface area contributed by atoms with Crippen LogP contribution in [0.25, 0.3) is 0 Å². The molecular formula is C2H3FN2S. The standard InChI is InChI=1S/C2H2N2S.FH/c1-3-4-2-5-1;/h1-2H;1H. The van der Waals surface area contributed by atoms with Crippen LogP contribution in [0.1, 0.15) is 0 Å². The van der Waals surface area contributed by atoms with Crippen LogP contribution in [0.4, 0.5) is 4.70 Å². The fraction of sp³-hybridized carbons (Fsp3) is 0. The van der Waals surface area contributed by atoms with Gasteiger partial charge in [-0.3, -0.25) is 4.70 Å². The summed E-state index contributed by atoms with van der Waals surface area (Å²) < 4.78 is 0. The quantitative estimate of drug-likeness (QED) is 0.486. The molecule has 0 N–H and O–H groups in total. The Morgan fingerprint density at radius 1 is 1.17 bits per heavy atom. The Morgan fingerprint density at radius 2 is 1.67 bits per heavy atom. The molecule has 6 heavy (non-hydrogen) atoms. The van der Waals surface area contributed by atoms with Crippen molar-refractivity contribution in [1.29, 1.82) is 0 Å². The molecule has 0 saturated carbocycles. The average molecular weight is 106 g/mol. The molecule has 4 heteroatoms. The van der Waals surface area contributed by atoms with Gasteiger partial charge in [-0.25, -0.2) is 0 Å². The van der Waals surface area contributed by atoms with Gasteiger partial charge in [0, 0.05) is 0 Å². The lowest BCUT2D eigenvalue weighted by Crippen LogP contribution is -1.53. The van der Waals surface area contributed by atoms with Crippen LogP contribution in [0.15, 0.2) is 11.0 Å². The minimum absolute atomic E-state index is 0. The summed E-state index contributed by atoms with van der Waals surface area (Å²) in [6.45, 7) is 0. The second kappa shape index (κ2) is 2.71. The summed E-state index contributed by atoms with van der Waals surface area (Å²) in [5.41, 5.74) is 3.36. The lowest BCUT2D eigenvalue weighted by molar-refractivity contribution is 1.09. The molecule has 0 aliphatic rings. The third-order valence-corrected chi connectivity index (χ3v) is 0.715. The van der Waals surface area contributed by atoms with Crippen molar-refractivity contribution in [1.82, 2.24) is 10.2 Å². The first kappa shape index (κ1) is 5.49. The minimum atomic E-state index is 0. The molecule has 0 fully saturated rings. The molecule has 1 rings (SSSR count). The summed E-state index contributed by atoms with van der Waals surface area (Å²) in [7, 11) is 0. The van der Waals surface area contributed by atoms with Crippen molar-refractivity contribution < 1.29 is 4.70 Å². The van der Waals surface area contributed by atoms with E-state index >= 15 is 0 Å². The van der Waals surface area contributed by atoms with Crippen LogP contribution in [0.2, 0.25) is 0 Å². The molecule has 1 heterocycles. The highest BCUT2D eigenvalue weighted by molar-refractivity contribution is 7.07. The lowest BCUT2D eigenvalue weighted by Gasteiger charge is -1.41. The van der Waals surface area contributed by atoms with Crippen molar-refractivity contribution in [2.24, 2.45) is 0 Å². The number of rotatable bonds is 0. The summed E-state index contributed by atoms with van der Waals surface area (Å²) in [4.78, 5) is 0. The Hall–Kier alpha value is -0.510. The Kier molecular flexibility index (Phi) is 2.48. The fourth-order valence-electron chi connectivity index (χ4n) is 0.136. The first-order valence-electron chi connectivity index (χ1n) is 1.19. The molecule has 34 valence electrons. The van der Waals surface area contributed by atoms with Crippen LogP contribution in [-0.4, -0.2) is 10.2 Å². The molecule has 0 radical (unpaired) electrons. The van der Waals surface area contributed by atoms with E-state index in [0.29, 0.717) is 0 Å². The van der Waals surface area contributed by atoms with Crippen molar-refractivity contribution in [2.45, 2.75) is 0 Å². The summed E-state index contributed by atoms with van der Waals surface area (Å²) in [6, 6.07) is 0. The van der Waals surface area contributed by atoms with Gasteiger partial charge in [0.2, 0.25) is 0 Å². The predicted molar refractivity (Wildman–Crippen MR) is 22.4 cm³/mol. The summed E-state index contributed by atoms with van der Waals surface area (Å²) in [5.74, 6) is 0. The maximum absolute atomic E-state index is 3.49. The Balaban J connectivity index is 0.000000250. The van der Waals surface area contributed by atoms with E-state index in [1.54, 1.807) is 11.0 Å². The fourth-order valence-corrected chi connectivity index (χ4v) is 0.408. The van der Waals surface area contributed by atoms with Crippen LogP contribution in [0, 0.1) is 0 Å². The lowest BCUT2D eigenvalue weighted by atomic mass is 11.6. The number of nitrogens with zero attached hydrogens (tertiary/aromatic N) is 2. The van der Waals surface area contributed by atoms with E-state index in [4.69, 9.17) is 0 Å². The second-order valence-corrected chi connectivity index (χ2v) is 1.27. The number of hydrogen-bond donors (Lipinski definition) is 0. The highest BCUT2D eigenvalue weighted by atomic mass is 32.1. The Labute approximate surface area is 38.2 Å². The van der Waals surface area contributed by atoms with Gasteiger partial charge in [0.1, 0.15) is 11.0 Å².